The van der Waals surface area contributed by atoms with Crippen molar-refractivity contribution in [1.29, 1.82) is 0 Å². The molecule has 5 atom stereocenters. The number of nitrogens with one attached hydrogen (secondary N) is 1. The summed E-state index contributed by atoms with van der Waals surface area (Å²) in [6.45, 7) is 5.47. The number of hydrogen-bond acceptors (Lipinski definition) is 3. The summed E-state index contributed by atoms with van der Waals surface area (Å²) in [6, 6.07) is 0.929. The van der Waals surface area contributed by atoms with Crippen LogP contribution in [-0.4, -0.2) is 42.5 Å². The van der Waals surface area contributed by atoms with Crippen LogP contribution in [0.3, 0.4) is 0 Å². The molecule has 0 radical (unpaired) electrons. The summed E-state index contributed by atoms with van der Waals surface area (Å²) in [5, 5.41) is 3.24. The predicted octanol–water partition coefficient (Wildman–Crippen LogP) is 1.35. The maximum atomic E-state index is 12.4. The minimum Gasteiger partial charge on any atom is -0.353 e. The number of piperidine rings is 1. The lowest BCUT2D eigenvalue weighted by molar-refractivity contribution is -0.128. The number of nitrogens with two attached hydrogens (primary N) is 1. The normalized spacial score (nSPS) is 40.9. The Labute approximate surface area is 117 Å². The van der Waals surface area contributed by atoms with Crippen LogP contribution in [0.15, 0.2) is 0 Å². The topological polar surface area (TPSA) is 58.4 Å². The monoisotopic (exact) mass is 267 g/mol. The Hall–Kier alpha value is -0.610. The zero-order valence-corrected chi connectivity index (χ0v) is 12.6. The minimum absolute atomic E-state index is 0.0266. The molecular formula is C15H29N3O. The van der Waals surface area contributed by atoms with Crippen molar-refractivity contribution < 1.29 is 4.79 Å². The van der Waals surface area contributed by atoms with Crippen molar-refractivity contribution in [2.75, 3.05) is 13.6 Å². The molecule has 4 heteroatoms. The quantitative estimate of drug-likeness (QED) is 0.794. The predicted molar refractivity (Wildman–Crippen MR) is 77.7 cm³/mol. The van der Waals surface area contributed by atoms with Gasteiger partial charge >= 0.3 is 0 Å². The molecule has 19 heavy (non-hydrogen) atoms. The lowest BCUT2D eigenvalue weighted by Crippen LogP contribution is -2.52. The summed E-state index contributed by atoms with van der Waals surface area (Å²) in [4.78, 5) is 14.8. The third-order valence-corrected chi connectivity index (χ3v) is 5.19. The molecule has 0 bridgehead atoms. The molecule has 0 spiro atoms. The summed E-state index contributed by atoms with van der Waals surface area (Å²) in [6.07, 6.45) is 5.37. The molecule has 2 fully saturated rings. The molecule has 3 N–H and O–H groups in total. The number of hydrogen-bond donors (Lipinski definition) is 2. The van der Waals surface area contributed by atoms with Gasteiger partial charge < -0.3 is 16.0 Å². The number of carbonyl (C=O) groups is 1. The Morgan fingerprint density at radius 2 is 2.00 bits per heavy atom. The van der Waals surface area contributed by atoms with Gasteiger partial charge in [-0.1, -0.05) is 13.3 Å². The average molecular weight is 267 g/mol. The van der Waals surface area contributed by atoms with Gasteiger partial charge in [0, 0.05) is 24.7 Å². The van der Waals surface area contributed by atoms with Gasteiger partial charge in [0.1, 0.15) is 0 Å². The van der Waals surface area contributed by atoms with E-state index >= 15 is 0 Å². The number of carbonyl (C=O) groups excluding carboxylic acids is 1. The number of nitrogens with zero attached hydrogens (tertiary/aromatic N) is 1. The second-order valence-electron chi connectivity index (χ2n) is 6.65. The van der Waals surface area contributed by atoms with Crippen molar-refractivity contribution in [1.82, 2.24) is 10.2 Å². The fourth-order valence-corrected chi connectivity index (χ4v) is 3.48. The highest BCUT2D eigenvalue weighted by Gasteiger charge is 2.34. The van der Waals surface area contributed by atoms with E-state index in [4.69, 9.17) is 5.73 Å². The molecule has 1 saturated heterocycles. The molecule has 2 aliphatic rings. The summed E-state index contributed by atoms with van der Waals surface area (Å²) < 4.78 is 0. The lowest BCUT2D eigenvalue weighted by Gasteiger charge is -2.38. The summed E-state index contributed by atoms with van der Waals surface area (Å²) in [5.41, 5.74) is 6.21. The highest BCUT2D eigenvalue weighted by molar-refractivity contribution is 5.79. The first-order chi connectivity index (χ1) is 8.99. The lowest BCUT2D eigenvalue weighted by atomic mass is 9.77. The zero-order valence-electron chi connectivity index (χ0n) is 12.6. The molecule has 1 aliphatic carbocycles. The minimum atomic E-state index is 0.0266. The van der Waals surface area contributed by atoms with E-state index in [-0.39, 0.29) is 17.9 Å². The molecule has 1 saturated carbocycles. The summed E-state index contributed by atoms with van der Waals surface area (Å²) in [5.74, 6) is 0.695. The van der Waals surface area contributed by atoms with Crippen LogP contribution in [-0.2, 0) is 4.79 Å². The highest BCUT2D eigenvalue weighted by Crippen LogP contribution is 2.28. The van der Waals surface area contributed by atoms with E-state index in [1.807, 2.05) is 0 Å². The Morgan fingerprint density at radius 1 is 1.26 bits per heavy atom. The van der Waals surface area contributed by atoms with Crippen LogP contribution in [0.5, 0.6) is 0 Å². The first-order valence-corrected chi connectivity index (χ1v) is 7.75. The van der Waals surface area contributed by atoms with Gasteiger partial charge in [-0.3, -0.25) is 4.79 Å². The smallest absolute Gasteiger partial charge is 0.224 e. The molecule has 110 valence electrons. The van der Waals surface area contributed by atoms with Gasteiger partial charge in [-0.2, -0.15) is 0 Å². The molecule has 0 aromatic carbocycles. The van der Waals surface area contributed by atoms with E-state index in [0.29, 0.717) is 18.0 Å². The van der Waals surface area contributed by atoms with Crippen LogP contribution in [0.2, 0.25) is 0 Å². The van der Waals surface area contributed by atoms with Crippen molar-refractivity contribution in [3.63, 3.8) is 0 Å². The van der Waals surface area contributed by atoms with E-state index in [1.165, 1.54) is 0 Å². The Balaban J connectivity index is 1.87. The Kier molecular flexibility index (Phi) is 4.85. The first-order valence-electron chi connectivity index (χ1n) is 7.75. The molecule has 1 aliphatic heterocycles. The SMILES string of the molecule is CC1CCCC(C(=O)NC2CCN(C)C(C)C2)C1N. The average Bonchev–Trinajstić information content (AvgIpc) is 2.37. The van der Waals surface area contributed by atoms with Crippen LogP contribution in [0.4, 0.5) is 0 Å². The standard InChI is InChI=1S/C15H29N3O/c1-10-5-4-6-13(14(10)16)15(19)17-12-7-8-18(3)11(2)9-12/h10-14H,4-9,16H2,1-3H3,(H,17,19). The molecule has 0 aromatic rings. The van der Waals surface area contributed by atoms with Gasteiger partial charge in [0.25, 0.3) is 0 Å². The molecule has 1 amide bonds. The van der Waals surface area contributed by atoms with Gasteiger partial charge in [0.05, 0.1) is 5.92 Å². The third-order valence-electron chi connectivity index (χ3n) is 5.19. The fraction of sp³-hybridized carbons (Fsp3) is 0.933. The first kappa shape index (κ1) is 14.8. The van der Waals surface area contributed by atoms with Crippen LogP contribution in [0.25, 0.3) is 0 Å². The van der Waals surface area contributed by atoms with Crippen LogP contribution in [0, 0.1) is 11.8 Å². The van der Waals surface area contributed by atoms with Crippen LogP contribution in [0.1, 0.15) is 46.0 Å². The van der Waals surface area contributed by atoms with E-state index in [9.17, 15) is 4.79 Å². The van der Waals surface area contributed by atoms with Gasteiger partial charge in [-0.15, -0.1) is 0 Å². The van der Waals surface area contributed by atoms with Crippen molar-refractivity contribution in [3.8, 4) is 0 Å². The Morgan fingerprint density at radius 3 is 2.68 bits per heavy atom. The molecule has 5 unspecified atom stereocenters. The van der Waals surface area contributed by atoms with Gasteiger partial charge in [0.2, 0.25) is 5.91 Å². The Bertz CT molecular complexity index is 321. The van der Waals surface area contributed by atoms with Crippen LogP contribution < -0.4 is 11.1 Å². The van der Waals surface area contributed by atoms with E-state index in [2.05, 4.69) is 31.1 Å². The molecular weight excluding hydrogens is 238 g/mol. The summed E-state index contributed by atoms with van der Waals surface area (Å²) in [7, 11) is 2.15. The van der Waals surface area contributed by atoms with Gasteiger partial charge in [-0.05, 0) is 45.6 Å². The van der Waals surface area contributed by atoms with E-state index in [1.54, 1.807) is 0 Å². The highest BCUT2D eigenvalue weighted by atomic mass is 16.2. The number of likely N-dealkylation sites (tertiary alicyclic amines) is 1. The van der Waals surface area contributed by atoms with Gasteiger partial charge in [0.15, 0.2) is 0 Å². The van der Waals surface area contributed by atoms with E-state index in [0.717, 1.165) is 38.6 Å². The second kappa shape index (κ2) is 6.23. The van der Waals surface area contributed by atoms with E-state index < -0.39 is 0 Å². The van der Waals surface area contributed by atoms with Crippen molar-refractivity contribution >= 4 is 5.91 Å². The molecule has 2 rings (SSSR count). The maximum Gasteiger partial charge on any atom is 0.224 e. The van der Waals surface area contributed by atoms with Gasteiger partial charge in [-0.25, -0.2) is 0 Å². The number of rotatable bonds is 2. The van der Waals surface area contributed by atoms with Crippen molar-refractivity contribution in [2.24, 2.45) is 17.6 Å². The molecule has 4 nitrogen and oxygen atoms in total. The van der Waals surface area contributed by atoms with Crippen LogP contribution >= 0.6 is 0 Å². The fourth-order valence-electron chi connectivity index (χ4n) is 3.48. The van der Waals surface area contributed by atoms with Crippen molar-refractivity contribution in [3.05, 3.63) is 0 Å². The summed E-state index contributed by atoms with van der Waals surface area (Å²) >= 11 is 0. The molecule has 1 heterocycles. The molecule has 0 aromatic heterocycles. The third kappa shape index (κ3) is 3.48. The van der Waals surface area contributed by atoms with Crippen molar-refractivity contribution in [2.45, 2.75) is 64.1 Å². The zero-order chi connectivity index (χ0) is 14.0. The second-order valence-corrected chi connectivity index (χ2v) is 6.65. The maximum absolute atomic E-state index is 12.4. The largest absolute Gasteiger partial charge is 0.353 e. The number of amides is 1.